The third kappa shape index (κ3) is 5.15. The molecule has 2 heterocycles. The number of methoxy groups -OCH3 is 1. The number of thioether (sulfide) groups is 1. The number of anilines is 2. The number of carbonyl (C=O) groups is 3. The van der Waals surface area contributed by atoms with Crippen molar-refractivity contribution >= 4 is 63.0 Å². The minimum Gasteiger partial charge on any atom is -0.385 e. The van der Waals surface area contributed by atoms with Gasteiger partial charge >= 0.3 is 6.18 Å². The van der Waals surface area contributed by atoms with E-state index in [4.69, 9.17) is 17.0 Å². The Morgan fingerprint density at radius 1 is 1.08 bits per heavy atom. The molecular weight excluding hydrogens is 515 g/mol. The summed E-state index contributed by atoms with van der Waals surface area (Å²) in [5.41, 5.74) is 0.0850. The number of fused-ring (bicyclic) bond motifs is 1. The Morgan fingerprint density at radius 2 is 1.83 bits per heavy atom. The van der Waals surface area contributed by atoms with E-state index in [1.165, 1.54) is 21.9 Å². The standard InChI is InChI=1S/C24H20F3N3O4S2/c1-34-11-5-10-29-22(33)20(36-23(29)35)19-16-8-2-3-9-17(16)30(21(19)32)13-18(31)28-15-7-4-6-14(12-15)24(25,26)27/h2-4,6-9,12H,5,10-11,13H2,1H3,(H,28,31)/b20-19-. The van der Waals surface area contributed by atoms with Crippen LogP contribution in [0.2, 0.25) is 0 Å². The van der Waals surface area contributed by atoms with Crippen LogP contribution in [0.5, 0.6) is 0 Å². The Labute approximate surface area is 214 Å². The van der Waals surface area contributed by atoms with Gasteiger partial charge in [0.1, 0.15) is 10.9 Å². The normalized spacial score (nSPS) is 17.7. The zero-order valence-electron chi connectivity index (χ0n) is 18.9. The van der Waals surface area contributed by atoms with Crippen LogP contribution in [0.4, 0.5) is 24.5 Å². The largest absolute Gasteiger partial charge is 0.416 e. The molecule has 7 nitrogen and oxygen atoms in total. The van der Waals surface area contributed by atoms with Crippen LogP contribution in [0, 0.1) is 0 Å². The molecule has 2 aliphatic rings. The Kier molecular flexibility index (Phi) is 7.48. The molecule has 2 aromatic rings. The van der Waals surface area contributed by atoms with Crippen LogP contribution >= 0.6 is 24.0 Å². The van der Waals surface area contributed by atoms with Gasteiger partial charge in [0.25, 0.3) is 11.8 Å². The summed E-state index contributed by atoms with van der Waals surface area (Å²) in [6.45, 7) is 0.331. The number of halogens is 3. The molecule has 1 N–H and O–H groups in total. The molecule has 0 spiro atoms. The molecule has 0 radical (unpaired) electrons. The lowest BCUT2D eigenvalue weighted by Gasteiger charge is -2.17. The van der Waals surface area contributed by atoms with Crippen LogP contribution in [0.3, 0.4) is 0 Å². The number of benzene rings is 2. The van der Waals surface area contributed by atoms with Gasteiger partial charge in [-0.3, -0.25) is 24.2 Å². The van der Waals surface area contributed by atoms with E-state index in [-0.39, 0.29) is 16.2 Å². The minimum absolute atomic E-state index is 0.0492. The number of para-hydroxylation sites is 1. The number of nitrogens with one attached hydrogen (secondary N) is 1. The van der Waals surface area contributed by atoms with E-state index < -0.39 is 36.0 Å². The average Bonchev–Trinajstić information content (AvgIpc) is 3.26. The van der Waals surface area contributed by atoms with E-state index in [0.29, 0.717) is 35.1 Å². The molecule has 36 heavy (non-hydrogen) atoms. The first-order valence-corrected chi connectivity index (χ1v) is 12.0. The Morgan fingerprint density at radius 3 is 2.56 bits per heavy atom. The van der Waals surface area contributed by atoms with Crippen molar-refractivity contribution in [1.82, 2.24) is 4.90 Å². The molecule has 4 rings (SSSR count). The van der Waals surface area contributed by atoms with Gasteiger partial charge in [-0.05, 0) is 30.7 Å². The fourth-order valence-electron chi connectivity index (χ4n) is 3.88. The van der Waals surface area contributed by atoms with Crippen molar-refractivity contribution in [2.24, 2.45) is 0 Å². The van der Waals surface area contributed by atoms with E-state index in [0.717, 1.165) is 23.9 Å². The van der Waals surface area contributed by atoms with E-state index in [9.17, 15) is 27.6 Å². The van der Waals surface area contributed by atoms with Crippen molar-refractivity contribution in [3.05, 3.63) is 64.6 Å². The lowest BCUT2D eigenvalue weighted by molar-refractivity contribution is -0.137. The lowest BCUT2D eigenvalue weighted by atomic mass is 10.1. The van der Waals surface area contributed by atoms with Gasteiger partial charge in [-0.1, -0.05) is 48.2 Å². The molecule has 0 bridgehead atoms. The second kappa shape index (κ2) is 10.4. The SMILES string of the molecule is COCCCN1C(=O)/C(=C2/C(=O)N(CC(=O)Nc3cccc(C(F)(F)F)c3)c3ccccc32)SC1=S. The minimum atomic E-state index is -4.56. The number of rotatable bonds is 7. The van der Waals surface area contributed by atoms with Gasteiger partial charge in [0.15, 0.2) is 0 Å². The van der Waals surface area contributed by atoms with E-state index in [1.54, 1.807) is 31.4 Å². The third-order valence-corrected chi connectivity index (χ3v) is 6.95. The molecule has 2 aliphatic heterocycles. The number of carbonyl (C=O) groups excluding carboxylic acids is 3. The summed E-state index contributed by atoms with van der Waals surface area (Å²) in [7, 11) is 1.55. The summed E-state index contributed by atoms with van der Waals surface area (Å²) in [5.74, 6) is -1.65. The number of amides is 3. The summed E-state index contributed by atoms with van der Waals surface area (Å²) in [6.07, 6.45) is -3.99. The smallest absolute Gasteiger partial charge is 0.385 e. The van der Waals surface area contributed by atoms with Gasteiger partial charge in [0.05, 0.1) is 21.7 Å². The highest BCUT2D eigenvalue weighted by atomic mass is 32.2. The summed E-state index contributed by atoms with van der Waals surface area (Å²) in [5, 5.41) is 2.41. The average molecular weight is 536 g/mol. The van der Waals surface area contributed by atoms with Gasteiger partial charge in [-0.2, -0.15) is 13.2 Å². The lowest BCUT2D eigenvalue weighted by Crippen LogP contribution is -2.35. The highest BCUT2D eigenvalue weighted by Crippen LogP contribution is 2.44. The predicted octanol–water partition coefficient (Wildman–Crippen LogP) is 4.30. The maximum absolute atomic E-state index is 13.4. The Bertz CT molecular complexity index is 1280. The van der Waals surface area contributed by atoms with Crippen molar-refractivity contribution in [2.45, 2.75) is 12.6 Å². The van der Waals surface area contributed by atoms with Crippen LogP contribution in [0.25, 0.3) is 5.57 Å². The van der Waals surface area contributed by atoms with Crippen LogP contribution in [0.1, 0.15) is 17.5 Å². The summed E-state index contributed by atoms with van der Waals surface area (Å²) in [4.78, 5) is 42.1. The molecule has 12 heteroatoms. The van der Waals surface area contributed by atoms with Crippen molar-refractivity contribution in [3.8, 4) is 0 Å². The zero-order chi connectivity index (χ0) is 26.0. The Balaban J connectivity index is 1.58. The molecule has 1 fully saturated rings. The fourth-order valence-corrected chi connectivity index (χ4v) is 5.26. The summed E-state index contributed by atoms with van der Waals surface area (Å²) >= 11 is 6.37. The van der Waals surface area contributed by atoms with E-state index in [1.807, 2.05) is 0 Å². The molecule has 2 aromatic carbocycles. The molecule has 0 atom stereocenters. The van der Waals surface area contributed by atoms with Gasteiger partial charge < -0.3 is 10.1 Å². The second-order valence-corrected chi connectivity index (χ2v) is 9.55. The molecule has 0 aliphatic carbocycles. The third-order valence-electron chi connectivity index (χ3n) is 5.50. The Hall–Kier alpha value is -3.22. The number of ether oxygens (including phenoxy) is 1. The number of hydrogen-bond donors (Lipinski definition) is 1. The van der Waals surface area contributed by atoms with Crippen LogP contribution < -0.4 is 10.2 Å². The van der Waals surface area contributed by atoms with Gasteiger partial charge in [-0.15, -0.1) is 0 Å². The van der Waals surface area contributed by atoms with Crippen molar-refractivity contribution < 1.29 is 32.3 Å². The van der Waals surface area contributed by atoms with Gasteiger partial charge in [0.2, 0.25) is 5.91 Å². The van der Waals surface area contributed by atoms with Crippen molar-refractivity contribution in [2.75, 3.05) is 37.0 Å². The first kappa shape index (κ1) is 25.9. The van der Waals surface area contributed by atoms with Crippen molar-refractivity contribution in [1.29, 1.82) is 0 Å². The molecular formula is C24H20F3N3O4S2. The van der Waals surface area contributed by atoms with Gasteiger partial charge in [0, 0.05) is 31.5 Å². The van der Waals surface area contributed by atoms with Crippen LogP contribution in [0.15, 0.2) is 53.4 Å². The number of alkyl halides is 3. The highest BCUT2D eigenvalue weighted by Gasteiger charge is 2.42. The second-order valence-electron chi connectivity index (χ2n) is 7.91. The molecule has 0 saturated carbocycles. The predicted molar refractivity (Wildman–Crippen MR) is 134 cm³/mol. The quantitative estimate of drug-likeness (QED) is 0.324. The number of nitrogens with zero attached hydrogens (tertiary/aromatic N) is 2. The molecule has 1 saturated heterocycles. The number of thiocarbonyl (C=S) groups is 1. The maximum atomic E-state index is 13.4. The molecule has 3 amide bonds. The highest BCUT2D eigenvalue weighted by molar-refractivity contribution is 8.26. The fraction of sp³-hybridized carbons (Fsp3) is 0.250. The maximum Gasteiger partial charge on any atom is 0.416 e. The topological polar surface area (TPSA) is 79.0 Å². The molecule has 0 aromatic heterocycles. The van der Waals surface area contributed by atoms with E-state index in [2.05, 4.69) is 5.32 Å². The summed E-state index contributed by atoms with van der Waals surface area (Å²) in [6, 6.07) is 10.9. The van der Waals surface area contributed by atoms with Crippen LogP contribution in [-0.4, -0.2) is 53.7 Å². The zero-order valence-corrected chi connectivity index (χ0v) is 20.6. The first-order valence-electron chi connectivity index (χ1n) is 10.8. The summed E-state index contributed by atoms with van der Waals surface area (Å²) < 4.78 is 44.3. The van der Waals surface area contributed by atoms with Crippen LogP contribution in [-0.2, 0) is 25.3 Å². The van der Waals surface area contributed by atoms with Crippen molar-refractivity contribution in [3.63, 3.8) is 0 Å². The monoisotopic (exact) mass is 535 g/mol. The van der Waals surface area contributed by atoms with Gasteiger partial charge in [-0.25, -0.2) is 0 Å². The first-order chi connectivity index (χ1) is 17.1. The molecule has 188 valence electrons. The number of hydrogen-bond acceptors (Lipinski definition) is 6. The van der Waals surface area contributed by atoms with E-state index >= 15 is 0 Å². The molecule has 0 unspecified atom stereocenters.